The van der Waals surface area contributed by atoms with Crippen LogP contribution in [0, 0.1) is 5.92 Å². The van der Waals surface area contributed by atoms with E-state index < -0.39 is 11.7 Å². The van der Waals surface area contributed by atoms with Crippen LogP contribution >= 0.6 is 11.3 Å². The largest absolute Gasteiger partial charge is 0.444 e. The molecule has 1 rings (SSSR count). The number of ether oxygens (including phenoxy) is 1. The van der Waals surface area contributed by atoms with Crippen LogP contribution in [0.15, 0.2) is 22.5 Å². The second-order valence-electron chi connectivity index (χ2n) is 7.15. The van der Waals surface area contributed by atoms with Gasteiger partial charge in [0.1, 0.15) is 5.60 Å². The third kappa shape index (κ3) is 9.34. The van der Waals surface area contributed by atoms with Gasteiger partial charge in [0, 0.05) is 18.0 Å². The first kappa shape index (κ1) is 21.3. The second-order valence-corrected chi connectivity index (χ2v) is 8.18. The Balaban J connectivity index is 2.59. The van der Waals surface area contributed by atoms with Crippen LogP contribution in [0.3, 0.4) is 0 Å². The number of amides is 1. The number of alkyl carbamates (subject to hydrolysis) is 1. The van der Waals surface area contributed by atoms with Gasteiger partial charge in [0.25, 0.3) is 0 Å². The molecule has 0 aliphatic rings. The van der Waals surface area contributed by atoms with Gasteiger partial charge in [-0.25, -0.2) is 9.79 Å². The van der Waals surface area contributed by atoms with Gasteiger partial charge in [0.15, 0.2) is 5.96 Å². The van der Waals surface area contributed by atoms with Gasteiger partial charge >= 0.3 is 6.09 Å². The quantitative estimate of drug-likeness (QED) is 0.510. The number of nitrogens with one attached hydrogen (secondary N) is 3. The van der Waals surface area contributed by atoms with Gasteiger partial charge in [-0.3, -0.25) is 0 Å². The van der Waals surface area contributed by atoms with E-state index in [1.165, 1.54) is 4.88 Å². The summed E-state index contributed by atoms with van der Waals surface area (Å²) in [7, 11) is 0. The fraction of sp³-hybridized carbons (Fsp3) is 0.667. The number of rotatable bonds is 7. The minimum Gasteiger partial charge on any atom is -0.444 e. The number of hydrogen-bond donors (Lipinski definition) is 3. The minimum atomic E-state index is -0.504. The third-order valence-electron chi connectivity index (χ3n) is 3.31. The van der Waals surface area contributed by atoms with Crippen molar-refractivity contribution < 1.29 is 9.53 Å². The minimum absolute atomic E-state index is 0.0551. The van der Waals surface area contributed by atoms with E-state index in [0.717, 1.165) is 12.5 Å². The van der Waals surface area contributed by atoms with E-state index in [0.29, 0.717) is 13.1 Å². The highest BCUT2D eigenvalue weighted by Crippen LogP contribution is 2.10. The van der Waals surface area contributed by atoms with Crippen molar-refractivity contribution in [1.29, 1.82) is 0 Å². The standard InChI is InChI=1S/C18H32N4O2S/c1-7-19-16(20-11-14-9-8-10-25-14)21-12-15(13(2)3)22-17(23)24-18(4,5)6/h8-10,13,15H,7,11-12H2,1-6H3,(H,22,23)(H2,19,20,21). The summed E-state index contributed by atoms with van der Waals surface area (Å²) in [6, 6.07) is 4.04. The smallest absolute Gasteiger partial charge is 0.407 e. The average Bonchev–Trinajstić information content (AvgIpc) is 2.99. The molecule has 142 valence electrons. The summed E-state index contributed by atoms with van der Waals surface area (Å²) in [6.07, 6.45) is -0.395. The Bertz CT molecular complexity index is 536. The molecule has 0 saturated heterocycles. The van der Waals surface area contributed by atoms with Crippen LogP contribution in [0.2, 0.25) is 0 Å². The second kappa shape index (κ2) is 10.3. The van der Waals surface area contributed by atoms with E-state index in [1.54, 1.807) is 11.3 Å². The van der Waals surface area contributed by atoms with Crippen molar-refractivity contribution in [2.45, 2.75) is 59.7 Å². The number of thiophene rings is 1. The zero-order valence-electron chi connectivity index (χ0n) is 16.2. The third-order valence-corrected chi connectivity index (χ3v) is 4.17. The molecule has 0 bridgehead atoms. The van der Waals surface area contributed by atoms with E-state index in [4.69, 9.17) is 4.74 Å². The van der Waals surface area contributed by atoms with Crippen LogP contribution < -0.4 is 16.0 Å². The highest BCUT2D eigenvalue weighted by atomic mass is 32.1. The lowest BCUT2D eigenvalue weighted by atomic mass is 10.0. The Labute approximate surface area is 155 Å². The fourth-order valence-corrected chi connectivity index (χ4v) is 2.65. The van der Waals surface area contributed by atoms with E-state index in [9.17, 15) is 4.79 Å². The van der Waals surface area contributed by atoms with Gasteiger partial charge in [-0.1, -0.05) is 19.9 Å². The van der Waals surface area contributed by atoms with Crippen molar-refractivity contribution in [3.8, 4) is 0 Å². The van der Waals surface area contributed by atoms with Gasteiger partial charge in [0.2, 0.25) is 0 Å². The number of carbonyl (C=O) groups is 1. The monoisotopic (exact) mass is 368 g/mol. The molecule has 1 aromatic rings. The van der Waals surface area contributed by atoms with Gasteiger partial charge in [-0.15, -0.1) is 11.3 Å². The maximum atomic E-state index is 12.0. The van der Waals surface area contributed by atoms with Gasteiger partial charge in [0.05, 0.1) is 12.6 Å². The zero-order chi connectivity index (χ0) is 18.9. The highest BCUT2D eigenvalue weighted by Gasteiger charge is 2.21. The Hall–Kier alpha value is -1.76. The SMILES string of the molecule is CCNC(=NCc1cccs1)NCC(NC(=O)OC(C)(C)C)C(C)C. The molecular formula is C18H32N4O2S. The molecule has 1 heterocycles. The summed E-state index contributed by atoms with van der Waals surface area (Å²) in [4.78, 5) is 17.8. The van der Waals surface area contributed by atoms with Crippen molar-refractivity contribution in [3.63, 3.8) is 0 Å². The molecule has 0 aromatic carbocycles. The van der Waals surface area contributed by atoms with E-state index in [-0.39, 0.29) is 12.0 Å². The van der Waals surface area contributed by atoms with Gasteiger partial charge in [-0.05, 0) is 45.1 Å². The first-order chi connectivity index (χ1) is 11.7. The topological polar surface area (TPSA) is 74.8 Å². The molecule has 1 amide bonds. The van der Waals surface area contributed by atoms with Crippen LogP contribution in [-0.2, 0) is 11.3 Å². The molecule has 7 heteroatoms. The predicted molar refractivity (Wildman–Crippen MR) is 105 cm³/mol. The highest BCUT2D eigenvalue weighted by molar-refractivity contribution is 7.09. The normalized spacial score (nSPS) is 13.5. The summed E-state index contributed by atoms with van der Waals surface area (Å²) in [5.74, 6) is 1.01. The molecule has 0 spiro atoms. The summed E-state index contributed by atoms with van der Waals surface area (Å²) < 4.78 is 5.35. The van der Waals surface area contributed by atoms with Crippen LogP contribution in [-0.4, -0.2) is 36.8 Å². The Morgan fingerprint density at radius 2 is 2.04 bits per heavy atom. The van der Waals surface area contributed by atoms with Crippen LogP contribution in [0.1, 0.15) is 46.4 Å². The maximum absolute atomic E-state index is 12.0. The summed E-state index contributed by atoms with van der Waals surface area (Å²) in [6.45, 7) is 13.7. The van der Waals surface area contributed by atoms with E-state index in [1.807, 2.05) is 39.1 Å². The number of carbonyl (C=O) groups excluding carboxylic acids is 1. The Kier molecular flexibility index (Phi) is 8.75. The molecule has 3 N–H and O–H groups in total. The van der Waals surface area contributed by atoms with Crippen molar-refractivity contribution in [3.05, 3.63) is 22.4 Å². The lowest BCUT2D eigenvalue weighted by molar-refractivity contribution is 0.0491. The molecule has 1 unspecified atom stereocenters. The molecule has 1 aromatic heterocycles. The first-order valence-electron chi connectivity index (χ1n) is 8.75. The number of aliphatic imine (C=N–C) groups is 1. The molecule has 0 aliphatic heterocycles. The van der Waals surface area contributed by atoms with E-state index >= 15 is 0 Å². The lowest BCUT2D eigenvalue weighted by Gasteiger charge is -2.26. The number of guanidine groups is 1. The summed E-state index contributed by atoms with van der Waals surface area (Å²) >= 11 is 1.69. The molecule has 1 atom stereocenters. The molecular weight excluding hydrogens is 336 g/mol. The molecule has 6 nitrogen and oxygen atoms in total. The summed E-state index contributed by atoms with van der Waals surface area (Å²) in [5, 5.41) is 11.5. The molecule has 0 saturated carbocycles. The Morgan fingerprint density at radius 3 is 2.56 bits per heavy atom. The van der Waals surface area contributed by atoms with Crippen LogP contribution in [0.4, 0.5) is 4.79 Å². The Morgan fingerprint density at radius 1 is 1.32 bits per heavy atom. The lowest BCUT2D eigenvalue weighted by Crippen LogP contribution is -2.50. The fourth-order valence-electron chi connectivity index (χ4n) is 2.02. The van der Waals surface area contributed by atoms with Crippen molar-refractivity contribution in [1.82, 2.24) is 16.0 Å². The molecule has 0 radical (unpaired) electrons. The molecule has 0 fully saturated rings. The molecule has 25 heavy (non-hydrogen) atoms. The van der Waals surface area contributed by atoms with E-state index in [2.05, 4.69) is 40.9 Å². The zero-order valence-corrected chi connectivity index (χ0v) is 17.0. The van der Waals surface area contributed by atoms with Crippen molar-refractivity contribution in [2.75, 3.05) is 13.1 Å². The molecule has 0 aliphatic carbocycles. The van der Waals surface area contributed by atoms with Gasteiger partial charge in [-0.2, -0.15) is 0 Å². The van der Waals surface area contributed by atoms with Crippen molar-refractivity contribution in [2.24, 2.45) is 10.9 Å². The summed E-state index contributed by atoms with van der Waals surface area (Å²) in [5.41, 5.74) is -0.504. The van der Waals surface area contributed by atoms with Crippen LogP contribution in [0.25, 0.3) is 0 Å². The number of hydrogen-bond acceptors (Lipinski definition) is 4. The van der Waals surface area contributed by atoms with Gasteiger partial charge < -0.3 is 20.7 Å². The number of nitrogens with zero attached hydrogens (tertiary/aromatic N) is 1. The predicted octanol–water partition coefficient (Wildman–Crippen LogP) is 3.35. The average molecular weight is 369 g/mol. The van der Waals surface area contributed by atoms with Crippen LogP contribution in [0.5, 0.6) is 0 Å². The first-order valence-corrected chi connectivity index (χ1v) is 9.63. The maximum Gasteiger partial charge on any atom is 0.407 e. The van der Waals surface area contributed by atoms with Crippen molar-refractivity contribution >= 4 is 23.4 Å².